The summed E-state index contributed by atoms with van der Waals surface area (Å²) in [6, 6.07) is 6.34. The van der Waals surface area contributed by atoms with Crippen molar-refractivity contribution in [2.24, 2.45) is 0 Å². The van der Waals surface area contributed by atoms with Crippen molar-refractivity contribution in [3.63, 3.8) is 0 Å². The number of aromatic nitrogens is 3. The Bertz CT molecular complexity index is 769. The van der Waals surface area contributed by atoms with Gasteiger partial charge < -0.3 is 10.3 Å². The summed E-state index contributed by atoms with van der Waals surface area (Å²) in [7, 11) is 0. The molecular weight excluding hydrogens is 259 g/mol. The molecule has 0 spiro atoms. The molecule has 0 radical (unpaired) electrons. The third kappa shape index (κ3) is 2.11. The smallest absolute Gasteiger partial charge is 0.260 e. The normalized spacial score (nSPS) is 10.7. The van der Waals surface area contributed by atoms with Crippen LogP contribution in [-0.4, -0.2) is 15.1 Å². The maximum Gasteiger partial charge on any atom is 0.260 e. The summed E-state index contributed by atoms with van der Waals surface area (Å²) in [5.74, 6) is 0.428. The van der Waals surface area contributed by atoms with E-state index in [4.69, 9.17) is 10.3 Å². The van der Waals surface area contributed by atoms with Crippen LogP contribution in [0.3, 0.4) is 0 Å². The van der Waals surface area contributed by atoms with Crippen molar-refractivity contribution in [1.82, 2.24) is 15.1 Å². The largest absolute Gasteiger partial charge is 0.397 e. The molecule has 20 heavy (non-hydrogen) atoms. The van der Waals surface area contributed by atoms with Crippen LogP contribution >= 0.6 is 0 Å². The molecule has 2 aromatic heterocycles. The Hall–Kier alpha value is -2.76. The van der Waals surface area contributed by atoms with Crippen LogP contribution in [0.1, 0.15) is 5.56 Å². The molecule has 0 atom stereocenters. The summed E-state index contributed by atoms with van der Waals surface area (Å²) in [6.07, 6.45) is 3.11. The predicted molar refractivity (Wildman–Crippen MR) is 72.1 cm³/mol. The lowest BCUT2D eigenvalue weighted by molar-refractivity contribution is 0.432. The van der Waals surface area contributed by atoms with Crippen LogP contribution < -0.4 is 5.73 Å². The molecule has 0 saturated heterocycles. The number of aryl methyl sites for hydroxylation is 1. The monoisotopic (exact) mass is 270 g/mol. The number of hydrogen-bond acceptors (Lipinski definition) is 5. The van der Waals surface area contributed by atoms with Gasteiger partial charge in [0, 0.05) is 11.8 Å². The highest BCUT2D eigenvalue weighted by Gasteiger charge is 2.13. The summed E-state index contributed by atoms with van der Waals surface area (Å²) in [5.41, 5.74) is 8.10. The van der Waals surface area contributed by atoms with Crippen molar-refractivity contribution >= 4 is 5.69 Å². The highest BCUT2D eigenvalue weighted by atomic mass is 19.1. The minimum absolute atomic E-state index is 0.268. The van der Waals surface area contributed by atoms with Crippen molar-refractivity contribution in [3.05, 3.63) is 48.0 Å². The van der Waals surface area contributed by atoms with E-state index < -0.39 is 0 Å². The number of nitrogens with zero attached hydrogens (tertiary/aromatic N) is 3. The molecule has 0 aliphatic carbocycles. The molecule has 0 unspecified atom stereocenters. The number of nitrogens with two attached hydrogens (primary N) is 1. The van der Waals surface area contributed by atoms with Gasteiger partial charge in [-0.15, -0.1) is 0 Å². The first-order valence-electron chi connectivity index (χ1n) is 5.95. The van der Waals surface area contributed by atoms with E-state index in [1.54, 1.807) is 31.3 Å². The molecule has 0 aliphatic rings. The summed E-state index contributed by atoms with van der Waals surface area (Å²) < 4.78 is 18.4. The molecule has 2 N–H and O–H groups in total. The molecule has 0 aliphatic heterocycles. The lowest BCUT2D eigenvalue weighted by Gasteiger charge is -1.98. The maximum absolute atomic E-state index is 13.2. The van der Waals surface area contributed by atoms with Gasteiger partial charge in [-0.3, -0.25) is 4.98 Å². The number of benzene rings is 1. The molecule has 5 nitrogen and oxygen atoms in total. The molecule has 0 fully saturated rings. The number of hydrogen-bond donors (Lipinski definition) is 1. The van der Waals surface area contributed by atoms with Crippen molar-refractivity contribution in [3.8, 4) is 22.8 Å². The Morgan fingerprint density at radius 3 is 2.85 bits per heavy atom. The zero-order valence-electron chi connectivity index (χ0n) is 10.7. The van der Waals surface area contributed by atoms with Gasteiger partial charge in [-0.1, -0.05) is 5.16 Å². The van der Waals surface area contributed by atoms with Crippen LogP contribution in [0.4, 0.5) is 10.1 Å². The maximum atomic E-state index is 13.2. The van der Waals surface area contributed by atoms with Crippen LogP contribution in [0.25, 0.3) is 22.8 Å². The average molecular weight is 270 g/mol. The zero-order valence-corrected chi connectivity index (χ0v) is 10.7. The minimum atomic E-state index is -0.268. The molecule has 2 heterocycles. The van der Waals surface area contributed by atoms with Crippen LogP contribution in [0, 0.1) is 12.7 Å². The van der Waals surface area contributed by atoms with E-state index in [2.05, 4.69) is 15.1 Å². The minimum Gasteiger partial charge on any atom is -0.397 e. The van der Waals surface area contributed by atoms with E-state index in [0.717, 1.165) is 0 Å². The molecule has 1 aromatic carbocycles. The Labute approximate surface area is 114 Å². The summed E-state index contributed by atoms with van der Waals surface area (Å²) in [4.78, 5) is 8.17. The van der Waals surface area contributed by atoms with Crippen molar-refractivity contribution in [2.45, 2.75) is 6.92 Å². The van der Waals surface area contributed by atoms with Crippen LogP contribution in [0.15, 0.2) is 41.2 Å². The van der Waals surface area contributed by atoms with E-state index in [1.165, 1.54) is 12.3 Å². The topological polar surface area (TPSA) is 77.8 Å². The molecule has 3 aromatic rings. The molecule has 0 bridgehead atoms. The fourth-order valence-electron chi connectivity index (χ4n) is 1.84. The van der Waals surface area contributed by atoms with Crippen LogP contribution in [0.2, 0.25) is 0 Å². The second-order valence-corrected chi connectivity index (χ2v) is 4.35. The fourth-order valence-corrected chi connectivity index (χ4v) is 1.84. The van der Waals surface area contributed by atoms with Gasteiger partial charge in [-0.2, -0.15) is 4.98 Å². The van der Waals surface area contributed by atoms with E-state index in [1.807, 2.05) is 0 Å². The van der Waals surface area contributed by atoms with E-state index in [9.17, 15) is 4.39 Å². The SMILES string of the molecule is Cc1cc(-c2noc(-c3ccncc3N)n2)ccc1F. The number of rotatable bonds is 2. The predicted octanol–water partition coefficient (Wildman–Crippen LogP) is 2.83. The van der Waals surface area contributed by atoms with Crippen LogP contribution in [-0.2, 0) is 0 Å². The lowest BCUT2D eigenvalue weighted by atomic mass is 10.1. The molecule has 3 rings (SSSR count). The second-order valence-electron chi connectivity index (χ2n) is 4.35. The number of pyridine rings is 1. The number of anilines is 1. The van der Waals surface area contributed by atoms with Crippen molar-refractivity contribution in [2.75, 3.05) is 5.73 Å². The average Bonchev–Trinajstić information content (AvgIpc) is 2.92. The standard InChI is InChI=1S/C14H11FN4O/c1-8-6-9(2-3-11(8)15)13-18-14(20-19-13)10-4-5-17-7-12(10)16/h2-7H,16H2,1H3. The van der Waals surface area contributed by atoms with E-state index in [-0.39, 0.29) is 5.82 Å². The Balaban J connectivity index is 2.02. The lowest BCUT2D eigenvalue weighted by Crippen LogP contribution is -1.91. The van der Waals surface area contributed by atoms with Crippen molar-refractivity contribution < 1.29 is 8.91 Å². The van der Waals surface area contributed by atoms with E-state index in [0.29, 0.717) is 34.1 Å². The summed E-state index contributed by atoms with van der Waals surface area (Å²) in [5, 5.41) is 3.89. The fraction of sp³-hybridized carbons (Fsp3) is 0.0714. The van der Waals surface area contributed by atoms with Gasteiger partial charge in [0.2, 0.25) is 5.82 Å². The van der Waals surface area contributed by atoms with Gasteiger partial charge in [0.1, 0.15) is 5.82 Å². The van der Waals surface area contributed by atoms with Crippen molar-refractivity contribution in [1.29, 1.82) is 0 Å². The summed E-state index contributed by atoms with van der Waals surface area (Å²) >= 11 is 0. The van der Waals surface area contributed by atoms with Gasteiger partial charge in [0.05, 0.1) is 17.4 Å². The molecule has 0 amide bonds. The van der Waals surface area contributed by atoms with Gasteiger partial charge in [-0.05, 0) is 36.8 Å². The van der Waals surface area contributed by atoms with Crippen LogP contribution in [0.5, 0.6) is 0 Å². The Morgan fingerprint density at radius 1 is 1.25 bits per heavy atom. The number of halogens is 1. The molecule has 0 saturated carbocycles. The van der Waals surface area contributed by atoms with Gasteiger partial charge in [0.15, 0.2) is 0 Å². The second kappa shape index (κ2) is 4.73. The molecule has 100 valence electrons. The number of nitrogen functional groups attached to an aromatic ring is 1. The third-order valence-corrected chi connectivity index (χ3v) is 2.92. The zero-order chi connectivity index (χ0) is 14.1. The first-order valence-corrected chi connectivity index (χ1v) is 5.95. The Morgan fingerprint density at radius 2 is 2.10 bits per heavy atom. The molecular formula is C14H11FN4O. The highest BCUT2D eigenvalue weighted by Crippen LogP contribution is 2.26. The Kier molecular flexibility index (Phi) is 2.90. The van der Waals surface area contributed by atoms with Gasteiger partial charge >= 0.3 is 0 Å². The first kappa shape index (κ1) is 12.3. The third-order valence-electron chi connectivity index (χ3n) is 2.92. The molecule has 6 heteroatoms. The van der Waals surface area contributed by atoms with E-state index >= 15 is 0 Å². The highest BCUT2D eigenvalue weighted by molar-refractivity contribution is 5.70. The summed E-state index contributed by atoms with van der Waals surface area (Å²) in [6.45, 7) is 1.68. The first-order chi connectivity index (χ1) is 9.65. The van der Waals surface area contributed by atoms with Gasteiger partial charge in [-0.25, -0.2) is 4.39 Å². The quantitative estimate of drug-likeness (QED) is 0.774. The van der Waals surface area contributed by atoms with Gasteiger partial charge in [0.25, 0.3) is 5.89 Å².